The number of aromatic nitrogens is 2. The number of hydrogen-bond acceptors (Lipinski definition) is 7. The molecule has 0 aliphatic carbocycles. The highest BCUT2D eigenvalue weighted by Gasteiger charge is 2.33. The maximum atomic E-state index is 14.1. The van der Waals surface area contributed by atoms with Crippen LogP contribution in [0, 0.1) is 11.8 Å². The Balaban J connectivity index is 1.56. The van der Waals surface area contributed by atoms with E-state index in [4.69, 9.17) is 4.74 Å². The summed E-state index contributed by atoms with van der Waals surface area (Å²) >= 11 is 0. The smallest absolute Gasteiger partial charge is 0.336 e. The largest absolute Gasteiger partial charge is 0.467 e. The zero-order valence-electron chi connectivity index (χ0n) is 27.6. The molecule has 254 valence electrons. The van der Waals surface area contributed by atoms with Crippen LogP contribution in [0.5, 0.6) is 0 Å². The van der Waals surface area contributed by atoms with Gasteiger partial charge in [0.1, 0.15) is 6.04 Å². The average molecular weight is 656 g/mol. The molecule has 0 saturated carbocycles. The summed E-state index contributed by atoms with van der Waals surface area (Å²) in [5, 5.41) is 21.2. The summed E-state index contributed by atoms with van der Waals surface area (Å²) < 4.78 is 4.71. The van der Waals surface area contributed by atoms with E-state index in [0.29, 0.717) is 25.1 Å². The van der Waals surface area contributed by atoms with Gasteiger partial charge in [0.05, 0.1) is 25.4 Å². The van der Waals surface area contributed by atoms with Crippen molar-refractivity contribution in [3.8, 4) is 0 Å². The van der Waals surface area contributed by atoms with E-state index >= 15 is 0 Å². The number of nitrogens with zero attached hydrogens (tertiary/aromatic N) is 1. The number of ether oxygens (including phenoxy) is 1. The Hall–Kier alpha value is -5.03. The molecular formula is C37H45N5O6. The van der Waals surface area contributed by atoms with Crippen LogP contribution in [-0.2, 0) is 43.2 Å². The maximum Gasteiger partial charge on any atom is 0.336 e. The van der Waals surface area contributed by atoms with Gasteiger partial charge in [-0.25, -0.2) is 9.78 Å². The van der Waals surface area contributed by atoms with Crippen molar-refractivity contribution in [3.05, 3.63) is 102 Å². The van der Waals surface area contributed by atoms with Crippen molar-refractivity contribution >= 4 is 34.5 Å². The molecule has 1 aromatic heterocycles. The number of hydrogen-bond donors (Lipinski definition) is 5. The van der Waals surface area contributed by atoms with Crippen molar-refractivity contribution in [2.24, 2.45) is 11.8 Å². The van der Waals surface area contributed by atoms with Crippen LogP contribution in [0.1, 0.15) is 43.5 Å². The third kappa shape index (κ3) is 10.5. The molecule has 0 aliphatic heterocycles. The summed E-state index contributed by atoms with van der Waals surface area (Å²) in [6.45, 7) is 4.21. The minimum absolute atomic E-state index is 0.0285. The van der Waals surface area contributed by atoms with E-state index in [1.165, 1.54) is 6.33 Å². The molecule has 1 heterocycles. The van der Waals surface area contributed by atoms with Crippen molar-refractivity contribution in [1.29, 1.82) is 0 Å². The number of amides is 3. The predicted molar refractivity (Wildman–Crippen MR) is 183 cm³/mol. The molecule has 11 nitrogen and oxygen atoms in total. The van der Waals surface area contributed by atoms with Crippen LogP contribution in [0.25, 0.3) is 10.8 Å². The molecule has 0 aliphatic rings. The van der Waals surface area contributed by atoms with Crippen LogP contribution >= 0.6 is 0 Å². The second-order valence-electron chi connectivity index (χ2n) is 12.4. The van der Waals surface area contributed by atoms with Crippen LogP contribution in [0.4, 0.5) is 0 Å². The van der Waals surface area contributed by atoms with Gasteiger partial charge in [-0.15, -0.1) is 0 Å². The van der Waals surface area contributed by atoms with Crippen LogP contribution in [0.2, 0.25) is 0 Å². The van der Waals surface area contributed by atoms with Crippen molar-refractivity contribution < 1.29 is 29.0 Å². The summed E-state index contributed by atoms with van der Waals surface area (Å²) in [5.41, 5.74) is 2.58. The third-order valence-electron chi connectivity index (χ3n) is 8.22. The Bertz CT molecular complexity index is 1640. The first-order valence-corrected chi connectivity index (χ1v) is 16.3. The molecule has 4 atom stereocenters. The van der Waals surface area contributed by atoms with Crippen LogP contribution < -0.4 is 16.0 Å². The Labute approximate surface area is 280 Å². The molecule has 0 saturated heterocycles. The fraction of sp³-hybridized carbons (Fsp3) is 0.378. The van der Waals surface area contributed by atoms with Gasteiger partial charge in [0, 0.05) is 31.3 Å². The number of carbonyl (C=O) groups is 4. The fourth-order valence-corrected chi connectivity index (χ4v) is 5.74. The lowest BCUT2D eigenvalue weighted by atomic mass is 9.91. The predicted octanol–water partition coefficient (Wildman–Crippen LogP) is 3.26. The number of esters is 1. The van der Waals surface area contributed by atoms with Crippen molar-refractivity contribution in [1.82, 2.24) is 25.9 Å². The molecule has 0 spiro atoms. The van der Waals surface area contributed by atoms with Crippen LogP contribution in [0.15, 0.2) is 85.3 Å². The molecule has 3 aromatic carbocycles. The number of benzene rings is 3. The molecule has 0 bridgehead atoms. The first-order valence-electron chi connectivity index (χ1n) is 16.3. The number of methoxy groups -OCH3 is 1. The van der Waals surface area contributed by atoms with Gasteiger partial charge in [-0.1, -0.05) is 86.6 Å². The summed E-state index contributed by atoms with van der Waals surface area (Å²) in [5.74, 6) is -3.00. The lowest BCUT2D eigenvalue weighted by molar-refractivity contribution is -0.152. The fourth-order valence-electron chi connectivity index (χ4n) is 5.74. The van der Waals surface area contributed by atoms with Crippen molar-refractivity contribution in [2.45, 2.75) is 64.1 Å². The van der Waals surface area contributed by atoms with Gasteiger partial charge in [-0.05, 0) is 47.1 Å². The summed E-state index contributed by atoms with van der Waals surface area (Å²) in [4.78, 5) is 60.3. The third-order valence-corrected chi connectivity index (χ3v) is 8.22. The molecule has 4 rings (SSSR count). The SMILES string of the molecule is COC(=O)C(O)C(CC(C)C)NC(=O)[C@H](Cc1cnc[nH]1)NC(=O)C(CC(=O)NCCc1ccccc1)Cc1cccc2ccccc12. The summed E-state index contributed by atoms with van der Waals surface area (Å²) in [6.07, 6.45) is 2.59. The number of aliphatic hydroxyl groups is 1. The second kappa shape index (κ2) is 17.8. The number of H-pyrrole nitrogens is 1. The molecule has 0 fully saturated rings. The topological polar surface area (TPSA) is 163 Å². The van der Waals surface area contributed by atoms with E-state index < -0.39 is 41.9 Å². The van der Waals surface area contributed by atoms with Gasteiger partial charge < -0.3 is 30.8 Å². The minimum atomic E-state index is -1.59. The molecule has 0 radical (unpaired) electrons. The van der Waals surface area contributed by atoms with E-state index in [9.17, 15) is 24.3 Å². The number of fused-ring (bicyclic) bond motifs is 1. The number of rotatable bonds is 17. The molecule has 5 N–H and O–H groups in total. The quantitative estimate of drug-likeness (QED) is 0.109. The van der Waals surface area contributed by atoms with Crippen LogP contribution in [-0.4, -0.2) is 70.6 Å². The first kappa shape index (κ1) is 35.8. The van der Waals surface area contributed by atoms with Gasteiger partial charge in [0.2, 0.25) is 17.7 Å². The molecule has 3 unspecified atom stereocenters. The van der Waals surface area contributed by atoms with E-state index in [2.05, 4.69) is 25.9 Å². The lowest BCUT2D eigenvalue weighted by Crippen LogP contribution is -2.56. The molecule has 11 heteroatoms. The van der Waals surface area contributed by atoms with Gasteiger partial charge in [-0.3, -0.25) is 14.4 Å². The molecule has 3 amide bonds. The van der Waals surface area contributed by atoms with Gasteiger partial charge >= 0.3 is 5.97 Å². The second-order valence-corrected chi connectivity index (χ2v) is 12.4. The molecule has 4 aromatic rings. The molecular weight excluding hydrogens is 610 g/mol. The zero-order valence-corrected chi connectivity index (χ0v) is 27.6. The van der Waals surface area contributed by atoms with Crippen molar-refractivity contribution in [2.75, 3.05) is 13.7 Å². The van der Waals surface area contributed by atoms with E-state index in [-0.39, 0.29) is 31.1 Å². The van der Waals surface area contributed by atoms with E-state index in [1.54, 1.807) is 6.20 Å². The zero-order chi connectivity index (χ0) is 34.5. The van der Waals surface area contributed by atoms with Crippen molar-refractivity contribution in [3.63, 3.8) is 0 Å². The Morgan fingerprint density at radius 1 is 0.896 bits per heavy atom. The lowest BCUT2D eigenvalue weighted by Gasteiger charge is -2.27. The Morgan fingerprint density at radius 2 is 1.62 bits per heavy atom. The highest BCUT2D eigenvalue weighted by atomic mass is 16.5. The Kier molecular flexibility index (Phi) is 13.3. The number of imidazole rings is 1. The van der Waals surface area contributed by atoms with Gasteiger partial charge in [0.15, 0.2) is 6.10 Å². The number of aromatic amines is 1. The highest BCUT2D eigenvalue weighted by molar-refractivity contribution is 5.92. The van der Waals surface area contributed by atoms with Crippen LogP contribution in [0.3, 0.4) is 0 Å². The van der Waals surface area contributed by atoms with E-state index in [1.807, 2.05) is 86.6 Å². The van der Waals surface area contributed by atoms with Gasteiger partial charge in [0.25, 0.3) is 0 Å². The maximum absolute atomic E-state index is 14.1. The monoisotopic (exact) mass is 655 g/mol. The number of carbonyl (C=O) groups excluding carboxylic acids is 4. The average Bonchev–Trinajstić information content (AvgIpc) is 3.60. The molecule has 48 heavy (non-hydrogen) atoms. The number of nitrogens with one attached hydrogen (secondary N) is 4. The first-order chi connectivity index (χ1) is 23.1. The summed E-state index contributed by atoms with van der Waals surface area (Å²) in [7, 11) is 1.16. The minimum Gasteiger partial charge on any atom is -0.467 e. The summed E-state index contributed by atoms with van der Waals surface area (Å²) in [6, 6.07) is 21.4. The number of aliphatic hydroxyl groups excluding tert-OH is 1. The van der Waals surface area contributed by atoms with Gasteiger partial charge in [-0.2, -0.15) is 0 Å². The highest BCUT2D eigenvalue weighted by Crippen LogP contribution is 2.23. The standard InChI is InChI=1S/C37H45N5O6/c1-24(2)18-31(34(44)37(47)48-3)41-36(46)32(21-29-22-38-23-40-29)42-35(45)28(19-27-14-9-13-26-12-7-8-15-30(26)27)20-33(43)39-17-16-25-10-5-4-6-11-25/h4-15,22-24,28,31-32,34,44H,16-21H2,1-3H3,(H,38,40)(H,39,43)(H,41,46)(H,42,45)/t28?,31?,32-,34?/m0/s1. The normalized spacial score (nSPS) is 13.7. The van der Waals surface area contributed by atoms with E-state index in [0.717, 1.165) is 29.0 Å². The Morgan fingerprint density at radius 3 is 2.33 bits per heavy atom.